The average Bonchev–Trinajstić information content (AvgIpc) is 3.15. The summed E-state index contributed by atoms with van der Waals surface area (Å²) in [7, 11) is 1.82. The van der Waals surface area contributed by atoms with E-state index in [9.17, 15) is 9.59 Å². The summed E-state index contributed by atoms with van der Waals surface area (Å²) in [5, 5.41) is 8.13. The Morgan fingerprint density at radius 3 is 2.84 bits per heavy atom. The third-order valence-corrected chi connectivity index (χ3v) is 4.97. The number of rotatable bonds is 5. The Hall–Kier alpha value is -2.38. The Bertz CT molecular complexity index is 920. The minimum atomic E-state index is -0.360. The number of aryl methyl sites for hydroxylation is 1. The molecular weight excluding hydrogens is 360 g/mol. The first-order valence-electron chi connectivity index (χ1n) is 7.66. The molecule has 1 atom stereocenters. The van der Waals surface area contributed by atoms with Crippen molar-refractivity contribution >= 4 is 51.7 Å². The molecule has 0 aliphatic carbocycles. The van der Waals surface area contributed by atoms with Crippen molar-refractivity contribution in [2.45, 2.75) is 19.4 Å². The van der Waals surface area contributed by atoms with E-state index in [2.05, 4.69) is 15.6 Å². The van der Waals surface area contributed by atoms with E-state index in [0.29, 0.717) is 16.5 Å². The quantitative estimate of drug-likeness (QED) is 0.715. The topological polar surface area (TPSA) is 76.0 Å². The molecule has 25 heavy (non-hydrogen) atoms. The van der Waals surface area contributed by atoms with E-state index >= 15 is 0 Å². The van der Waals surface area contributed by atoms with Crippen molar-refractivity contribution in [3.05, 3.63) is 45.6 Å². The largest absolute Gasteiger partial charge is 0.348 e. The smallest absolute Gasteiger partial charge is 0.229 e. The van der Waals surface area contributed by atoms with E-state index in [4.69, 9.17) is 11.6 Å². The van der Waals surface area contributed by atoms with Crippen LogP contribution in [0.3, 0.4) is 0 Å². The first-order chi connectivity index (χ1) is 11.9. The lowest BCUT2D eigenvalue weighted by molar-refractivity contribution is -0.120. The minimum absolute atomic E-state index is 0.129. The van der Waals surface area contributed by atoms with Crippen LogP contribution >= 0.6 is 22.9 Å². The number of nitrogens with zero attached hydrogens (tertiary/aromatic N) is 2. The van der Waals surface area contributed by atoms with Gasteiger partial charge in [-0.2, -0.15) is 0 Å². The lowest BCUT2D eigenvalue weighted by Crippen LogP contribution is -2.29. The van der Waals surface area contributed by atoms with Crippen molar-refractivity contribution in [3.63, 3.8) is 0 Å². The van der Waals surface area contributed by atoms with Gasteiger partial charge in [0.1, 0.15) is 0 Å². The Kier molecular flexibility index (Phi) is 5.06. The molecule has 3 rings (SSSR count). The molecule has 0 saturated carbocycles. The molecule has 6 nitrogen and oxygen atoms in total. The molecule has 0 spiro atoms. The van der Waals surface area contributed by atoms with Crippen molar-refractivity contribution in [1.82, 2.24) is 14.9 Å². The van der Waals surface area contributed by atoms with Crippen LogP contribution in [0.5, 0.6) is 0 Å². The molecule has 1 unspecified atom stereocenters. The summed E-state index contributed by atoms with van der Waals surface area (Å²) in [5.74, 6) is 0.0373. The van der Waals surface area contributed by atoms with Crippen LogP contribution in [0, 0.1) is 0 Å². The Morgan fingerprint density at radius 1 is 1.36 bits per heavy atom. The Morgan fingerprint density at radius 2 is 2.16 bits per heavy atom. The van der Waals surface area contributed by atoms with E-state index < -0.39 is 0 Å². The molecule has 130 valence electrons. The summed E-state index contributed by atoms with van der Waals surface area (Å²) < 4.78 is 1.79. The van der Waals surface area contributed by atoms with Gasteiger partial charge in [-0.05, 0) is 29.6 Å². The second-order valence-corrected chi connectivity index (χ2v) is 7.06. The summed E-state index contributed by atoms with van der Waals surface area (Å²) in [6.07, 6.45) is 0.129. The number of carbonyl (C=O) groups excluding carboxylic acids is 2. The zero-order valence-corrected chi connectivity index (χ0v) is 15.3. The van der Waals surface area contributed by atoms with Crippen LogP contribution in [0.1, 0.15) is 24.3 Å². The summed E-state index contributed by atoms with van der Waals surface area (Å²) in [5.41, 5.74) is 1.58. The summed E-state index contributed by atoms with van der Waals surface area (Å²) in [4.78, 5) is 29.2. The predicted octanol–water partition coefficient (Wildman–Crippen LogP) is 3.49. The van der Waals surface area contributed by atoms with Crippen LogP contribution < -0.4 is 10.6 Å². The van der Waals surface area contributed by atoms with Gasteiger partial charge >= 0.3 is 0 Å². The van der Waals surface area contributed by atoms with Crippen molar-refractivity contribution < 1.29 is 9.59 Å². The summed E-state index contributed by atoms with van der Waals surface area (Å²) in [6.45, 7) is 1.44. The van der Waals surface area contributed by atoms with Gasteiger partial charge in [0.05, 0.1) is 23.5 Å². The van der Waals surface area contributed by atoms with Gasteiger partial charge in [-0.3, -0.25) is 14.9 Å². The molecule has 1 aromatic carbocycles. The van der Waals surface area contributed by atoms with Crippen molar-refractivity contribution in [2.24, 2.45) is 7.05 Å². The van der Waals surface area contributed by atoms with Crippen molar-refractivity contribution in [3.8, 4) is 0 Å². The van der Waals surface area contributed by atoms with Crippen LogP contribution in [-0.4, -0.2) is 21.4 Å². The maximum atomic E-state index is 12.5. The zero-order valence-electron chi connectivity index (χ0n) is 13.7. The van der Waals surface area contributed by atoms with Gasteiger partial charge < -0.3 is 9.88 Å². The molecule has 0 radical (unpaired) electrons. The second-order valence-electron chi connectivity index (χ2n) is 5.65. The molecule has 0 aliphatic heterocycles. The fourth-order valence-corrected chi connectivity index (χ4v) is 3.55. The van der Waals surface area contributed by atoms with Crippen LogP contribution in [0.15, 0.2) is 35.7 Å². The van der Waals surface area contributed by atoms with Gasteiger partial charge in [0.2, 0.25) is 17.8 Å². The van der Waals surface area contributed by atoms with Gasteiger partial charge in [0.25, 0.3) is 0 Å². The normalized spacial score (nSPS) is 12.1. The number of carbonyl (C=O) groups is 2. The molecule has 0 aliphatic rings. The molecule has 3 aromatic rings. The highest BCUT2D eigenvalue weighted by Crippen LogP contribution is 2.24. The summed E-state index contributed by atoms with van der Waals surface area (Å²) in [6, 6.07) is 8.81. The molecule has 2 aromatic heterocycles. The molecule has 2 heterocycles. The van der Waals surface area contributed by atoms with E-state index in [1.807, 2.05) is 30.6 Å². The van der Waals surface area contributed by atoms with Crippen LogP contribution in [-0.2, 0) is 16.6 Å². The highest BCUT2D eigenvalue weighted by atomic mass is 35.5. The van der Waals surface area contributed by atoms with Crippen LogP contribution in [0.25, 0.3) is 11.0 Å². The lowest BCUT2D eigenvalue weighted by Gasteiger charge is -2.16. The van der Waals surface area contributed by atoms with E-state index in [1.54, 1.807) is 16.7 Å². The number of hydrogen-bond donors (Lipinski definition) is 2. The number of amides is 2. The number of imidazole rings is 1. The maximum Gasteiger partial charge on any atom is 0.229 e. The molecule has 0 bridgehead atoms. The molecular formula is C17H17ClN4O2S. The van der Waals surface area contributed by atoms with Gasteiger partial charge in [0, 0.05) is 23.9 Å². The number of fused-ring (bicyclic) bond motifs is 1. The highest BCUT2D eigenvalue weighted by Gasteiger charge is 2.19. The fraction of sp³-hybridized carbons (Fsp3) is 0.235. The Balaban J connectivity index is 1.77. The number of nitrogens with one attached hydrogen (secondary N) is 2. The van der Waals surface area contributed by atoms with Gasteiger partial charge in [0.15, 0.2) is 0 Å². The number of aromatic nitrogens is 2. The van der Waals surface area contributed by atoms with E-state index in [1.165, 1.54) is 18.3 Å². The zero-order chi connectivity index (χ0) is 18.0. The lowest BCUT2D eigenvalue weighted by atomic mass is 10.1. The molecule has 2 N–H and O–H groups in total. The third kappa shape index (κ3) is 4.00. The predicted molar refractivity (Wildman–Crippen MR) is 99.8 cm³/mol. The van der Waals surface area contributed by atoms with Crippen molar-refractivity contribution in [1.29, 1.82) is 0 Å². The van der Waals surface area contributed by atoms with Crippen molar-refractivity contribution in [2.75, 3.05) is 5.32 Å². The van der Waals surface area contributed by atoms with Gasteiger partial charge in [-0.1, -0.05) is 17.7 Å². The molecule has 8 heteroatoms. The number of benzene rings is 1. The van der Waals surface area contributed by atoms with Crippen LogP contribution in [0.4, 0.5) is 5.95 Å². The fourth-order valence-electron chi connectivity index (χ4n) is 2.60. The van der Waals surface area contributed by atoms with E-state index in [0.717, 1.165) is 10.4 Å². The van der Waals surface area contributed by atoms with Gasteiger partial charge in [-0.25, -0.2) is 4.98 Å². The van der Waals surface area contributed by atoms with Gasteiger partial charge in [-0.15, -0.1) is 11.3 Å². The van der Waals surface area contributed by atoms with Crippen LogP contribution in [0.2, 0.25) is 5.02 Å². The standard InChI is InChI=1S/C17H17ClN4O2S/c1-10(23)19-13(15-4-3-7-25-15)9-16(24)21-17-20-12-8-11(18)5-6-14(12)22(17)2/h3-8,13H,9H2,1-2H3,(H,19,23)(H,20,21,24). The monoisotopic (exact) mass is 376 g/mol. The minimum Gasteiger partial charge on any atom is -0.348 e. The average molecular weight is 377 g/mol. The first-order valence-corrected chi connectivity index (χ1v) is 8.92. The molecule has 0 saturated heterocycles. The number of anilines is 1. The second kappa shape index (κ2) is 7.25. The summed E-state index contributed by atoms with van der Waals surface area (Å²) >= 11 is 7.48. The van der Waals surface area contributed by atoms with E-state index in [-0.39, 0.29) is 24.3 Å². The third-order valence-electron chi connectivity index (χ3n) is 3.75. The highest BCUT2D eigenvalue weighted by molar-refractivity contribution is 7.10. The number of halogens is 1. The number of thiophene rings is 1. The Labute approximate surface area is 153 Å². The number of hydrogen-bond acceptors (Lipinski definition) is 4. The maximum absolute atomic E-state index is 12.5. The molecule has 2 amide bonds. The SMILES string of the molecule is CC(=O)NC(CC(=O)Nc1nc2cc(Cl)ccc2n1C)c1cccs1. The molecule has 0 fully saturated rings. The first kappa shape index (κ1) is 17.4.